The number of anilines is 1. The second-order valence-corrected chi connectivity index (χ2v) is 9.66. The van der Waals surface area contributed by atoms with Gasteiger partial charge in [-0.05, 0) is 49.4 Å². The Balaban J connectivity index is 1.39. The van der Waals surface area contributed by atoms with E-state index in [1.807, 2.05) is 48.0 Å². The summed E-state index contributed by atoms with van der Waals surface area (Å²) in [5.74, 6) is 0.615. The van der Waals surface area contributed by atoms with Crippen molar-refractivity contribution >= 4 is 50.8 Å². The van der Waals surface area contributed by atoms with Gasteiger partial charge >= 0.3 is 0 Å². The molecule has 0 spiro atoms. The van der Waals surface area contributed by atoms with Crippen molar-refractivity contribution in [2.75, 3.05) is 16.9 Å². The Kier molecular flexibility index (Phi) is 5.62. The number of rotatable bonds is 4. The zero-order valence-corrected chi connectivity index (χ0v) is 19.3. The van der Waals surface area contributed by atoms with Crippen molar-refractivity contribution in [3.05, 3.63) is 76.8 Å². The fourth-order valence-corrected chi connectivity index (χ4v) is 6.04. The van der Waals surface area contributed by atoms with Gasteiger partial charge in [-0.25, -0.2) is 4.68 Å². The number of para-hydroxylation sites is 1. The molecule has 1 fully saturated rings. The lowest BCUT2D eigenvalue weighted by atomic mass is 10.2. The van der Waals surface area contributed by atoms with Crippen LogP contribution in [0.15, 0.2) is 60.7 Å². The lowest BCUT2D eigenvalue weighted by molar-refractivity contribution is -0.119. The normalized spacial score (nSPS) is 15.5. The summed E-state index contributed by atoms with van der Waals surface area (Å²) in [6.45, 7) is 1.93. The zero-order valence-electron chi connectivity index (χ0n) is 17.7. The van der Waals surface area contributed by atoms with Crippen molar-refractivity contribution < 1.29 is 9.59 Å². The van der Waals surface area contributed by atoms with Crippen LogP contribution in [0.3, 0.4) is 0 Å². The lowest BCUT2D eigenvalue weighted by Crippen LogP contribution is -2.44. The first-order valence-electron chi connectivity index (χ1n) is 10.3. The van der Waals surface area contributed by atoms with E-state index in [0.29, 0.717) is 27.8 Å². The SMILES string of the molecule is Cc1nn(-c2ccccc2)c2sc(C(=O)N3CSCC3C(=O)Nc3ccc(C#N)cc3)cc12. The highest BCUT2D eigenvalue weighted by Crippen LogP contribution is 2.33. The number of nitrogens with zero attached hydrogens (tertiary/aromatic N) is 4. The molecule has 4 aromatic rings. The van der Waals surface area contributed by atoms with Gasteiger partial charge in [0.15, 0.2) is 0 Å². The predicted molar refractivity (Wildman–Crippen MR) is 131 cm³/mol. The van der Waals surface area contributed by atoms with Crippen LogP contribution < -0.4 is 5.32 Å². The molecule has 1 unspecified atom stereocenters. The molecule has 0 saturated carbocycles. The number of fused-ring (bicyclic) bond motifs is 1. The predicted octanol–water partition coefficient (Wildman–Crippen LogP) is 4.42. The summed E-state index contributed by atoms with van der Waals surface area (Å²) in [6.07, 6.45) is 0. The number of benzene rings is 2. The Morgan fingerprint density at radius 2 is 1.91 bits per heavy atom. The molecule has 1 aliphatic rings. The van der Waals surface area contributed by atoms with Crippen LogP contribution in [0.2, 0.25) is 0 Å². The Labute approximate surface area is 198 Å². The van der Waals surface area contributed by atoms with Gasteiger partial charge in [0.25, 0.3) is 5.91 Å². The topological polar surface area (TPSA) is 91.0 Å². The third-order valence-electron chi connectivity index (χ3n) is 5.48. The molecule has 3 heterocycles. The number of amides is 2. The van der Waals surface area contributed by atoms with Gasteiger partial charge in [-0.15, -0.1) is 23.1 Å². The molecule has 1 N–H and O–H groups in total. The number of hydrogen-bond acceptors (Lipinski definition) is 6. The Morgan fingerprint density at radius 1 is 1.15 bits per heavy atom. The number of nitriles is 1. The highest BCUT2D eigenvalue weighted by Gasteiger charge is 2.36. The van der Waals surface area contributed by atoms with Crippen molar-refractivity contribution in [1.29, 1.82) is 5.26 Å². The molecule has 0 bridgehead atoms. The second kappa shape index (κ2) is 8.73. The van der Waals surface area contributed by atoms with E-state index >= 15 is 0 Å². The van der Waals surface area contributed by atoms with E-state index in [-0.39, 0.29) is 11.8 Å². The van der Waals surface area contributed by atoms with Crippen molar-refractivity contribution in [3.63, 3.8) is 0 Å². The summed E-state index contributed by atoms with van der Waals surface area (Å²) in [5, 5.41) is 17.4. The summed E-state index contributed by atoms with van der Waals surface area (Å²) >= 11 is 2.95. The Morgan fingerprint density at radius 3 is 2.64 bits per heavy atom. The van der Waals surface area contributed by atoms with E-state index in [9.17, 15) is 9.59 Å². The van der Waals surface area contributed by atoms with E-state index in [1.54, 1.807) is 40.9 Å². The highest BCUT2D eigenvalue weighted by molar-refractivity contribution is 7.99. The van der Waals surface area contributed by atoms with Crippen LogP contribution in [-0.2, 0) is 4.79 Å². The first-order valence-corrected chi connectivity index (χ1v) is 12.3. The van der Waals surface area contributed by atoms with E-state index in [4.69, 9.17) is 5.26 Å². The quantitative estimate of drug-likeness (QED) is 0.474. The maximum atomic E-state index is 13.4. The van der Waals surface area contributed by atoms with Gasteiger partial charge in [-0.2, -0.15) is 10.4 Å². The van der Waals surface area contributed by atoms with Crippen LogP contribution in [0.5, 0.6) is 0 Å². The van der Waals surface area contributed by atoms with Crippen LogP contribution in [0.4, 0.5) is 5.69 Å². The number of thiophene rings is 1. The minimum absolute atomic E-state index is 0.153. The summed E-state index contributed by atoms with van der Waals surface area (Å²) in [5.41, 5.74) is 2.92. The molecule has 9 heteroatoms. The minimum Gasteiger partial charge on any atom is -0.324 e. The number of carbonyl (C=O) groups excluding carboxylic acids is 2. The van der Waals surface area contributed by atoms with Crippen LogP contribution in [-0.4, -0.2) is 44.2 Å². The second-order valence-electron chi connectivity index (χ2n) is 7.63. The average molecular weight is 474 g/mol. The Hall–Kier alpha value is -3.61. The van der Waals surface area contributed by atoms with E-state index in [1.165, 1.54) is 11.3 Å². The molecule has 0 radical (unpaired) electrons. The standard InChI is InChI=1S/C24H19N5O2S2/c1-15-19-11-21(33-24(19)29(27-15)18-5-3-2-4-6-18)23(31)28-14-32-13-20(28)22(30)26-17-9-7-16(12-25)8-10-17/h2-11,20H,13-14H2,1H3,(H,26,30). The van der Waals surface area contributed by atoms with Gasteiger partial charge in [-0.3, -0.25) is 9.59 Å². The summed E-state index contributed by atoms with van der Waals surface area (Å²) in [6, 6.07) is 19.9. The van der Waals surface area contributed by atoms with Crippen LogP contribution in [0.25, 0.3) is 15.9 Å². The molecule has 1 aliphatic heterocycles. The van der Waals surface area contributed by atoms with Crippen LogP contribution >= 0.6 is 23.1 Å². The lowest BCUT2D eigenvalue weighted by Gasteiger charge is -2.22. The fraction of sp³-hybridized carbons (Fsp3) is 0.167. The van der Waals surface area contributed by atoms with Crippen LogP contribution in [0, 0.1) is 18.3 Å². The molecule has 5 rings (SSSR count). The van der Waals surface area contributed by atoms with E-state index in [2.05, 4.69) is 16.5 Å². The van der Waals surface area contributed by atoms with Gasteiger partial charge < -0.3 is 10.2 Å². The first-order chi connectivity index (χ1) is 16.0. The monoisotopic (exact) mass is 473 g/mol. The van der Waals surface area contributed by atoms with Crippen molar-refractivity contribution in [2.24, 2.45) is 0 Å². The minimum atomic E-state index is -0.560. The summed E-state index contributed by atoms with van der Waals surface area (Å²) in [7, 11) is 0. The molecule has 33 heavy (non-hydrogen) atoms. The zero-order chi connectivity index (χ0) is 22.9. The number of carbonyl (C=O) groups is 2. The number of aromatic nitrogens is 2. The van der Waals surface area contributed by atoms with Gasteiger partial charge in [0.2, 0.25) is 5.91 Å². The third-order valence-corrected chi connectivity index (χ3v) is 7.59. The maximum absolute atomic E-state index is 13.4. The highest BCUT2D eigenvalue weighted by atomic mass is 32.2. The summed E-state index contributed by atoms with van der Waals surface area (Å²) < 4.78 is 1.86. The smallest absolute Gasteiger partial charge is 0.265 e. The first kappa shape index (κ1) is 21.2. The molecular formula is C24H19N5O2S2. The van der Waals surface area contributed by atoms with E-state index < -0.39 is 6.04 Å². The Bertz CT molecular complexity index is 1390. The van der Waals surface area contributed by atoms with Gasteiger partial charge in [0, 0.05) is 16.8 Å². The molecule has 0 aliphatic carbocycles. The van der Waals surface area contributed by atoms with Crippen molar-refractivity contribution in [1.82, 2.24) is 14.7 Å². The maximum Gasteiger partial charge on any atom is 0.265 e. The van der Waals surface area contributed by atoms with Gasteiger partial charge in [0.05, 0.1) is 33.8 Å². The molecule has 164 valence electrons. The average Bonchev–Trinajstić information content (AvgIpc) is 3.56. The molecule has 2 amide bonds. The molecule has 2 aromatic carbocycles. The molecule has 1 saturated heterocycles. The van der Waals surface area contributed by atoms with Crippen molar-refractivity contribution in [3.8, 4) is 11.8 Å². The van der Waals surface area contributed by atoms with Crippen molar-refractivity contribution in [2.45, 2.75) is 13.0 Å². The number of nitrogens with one attached hydrogen (secondary N) is 1. The molecule has 7 nitrogen and oxygen atoms in total. The fourth-order valence-electron chi connectivity index (χ4n) is 3.75. The number of thioether (sulfide) groups is 1. The van der Waals surface area contributed by atoms with Crippen LogP contribution in [0.1, 0.15) is 20.9 Å². The number of aryl methyl sites for hydroxylation is 1. The summed E-state index contributed by atoms with van der Waals surface area (Å²) in [4.78, 5) is 29.5. The van der Waals surface area contributed by atoms with E-state index in [0.717, 1.165) is 21.6 Å². The third kappa shape index (κ3) is 3.99. The van der Waals surface area contributed by atoms with Gasteiger partial charge in [-0.1, -0.05) is 18.2 Å². The largest absolute Gasteiger partial charge is 0.324 e. The number of hydrogen-bond donors (Lipinski definition) is 1. The molecule has 1 atom stereocenters. The molecular weight excluding hydrogens is 454 g/mol. The van der Waals surface area contributed by atoms with Gasteiger partial charge in [0.1, 0.15) is 10.9 Å². The molecule has 2 aromatic heterocycles.